The van der Waals surface area contributed by atoms with Gasteiger partial charge in [-0.3, -0.25) is 4.79 Å². The highest BCUT2D eigenvalue weighted by atomic mass is 79.9. The zero-order chi connectivity index (χ0) is 17.0. The van der Waals surface area contributed by atoms with Gasteiger partial charge in [-0.25, -0.2) is 4.79 Å². The number of carboxylic acid groups (broad SMARTS) is 1. The molecule has 1 aliphatic heterocycles. The smallest absolute Gasteiger partial charge is 0.331 e. The van der Waals surface area contributed by atoms with Gasteiger partial charge in [0.15, 0.2) is 0 Å². The first kappa shape index (κ1) is 17.5. The van der Waals surface area contributed by atoms with Crippen LogP contribution in [0, 0.1) is 5.92 Å². The van der Waals surface area contributed by atoms with Gasteiger partial charge < -0.3 is 14.7 Å². The first-order chi connectivity index (χ1) is 10.9. The minimum Gasteiger partial charge on any atom is -0.478 e. The van der Waals surface area contributed by atoms with E-state index >= 15 is 0 Å². The lowest BCUT2D eigenvalue weighted by Crippen LogP contribution is -2.22. The molecule has 0 saturated carbocycles. The molecule has 0 spiro atoms. The highest BCUT2D eigenvalue weighted by Crippen LogP contribution is 2.31. The Balaban J connectivity index is 2.18. The van der Waals surface area contributed by atoms with Crippen molar-refractivity contribution in [3.8, 4) is 0 Å². The molecule has 1 heterocycles. The lowest BCUT2D eigenvalue weighted by molar-refractivity contribution is -0.142. The third-order valence-corrected chi connectivity index (χ3v) is 4.34. The Labute approximate surface area is 144 Å². The Morgan fingerprint density at radius 3 is 2.83 bits per heavy atom. The third kappa shape index (κ3) is 4.82. The standard InChI is InChI=1S/C17H20BrNO4/c1-11(17(21)22)7-14-8-15(18)3-4-16(14)19-6-5-13(9-19)10-23-12(2)20/h3-4,7-8,13H,5-6,9-10H2,1-2H3,(H,21,22). The average Bonchev–Trinajstić information content (AvgIpc) is 2.93. The van der Waals surface area contributed by atoms with Crippen LogP contribution in [-0.2, 0) is 14.3 Å². The number of anilines is 1. The maximum atomic E-state index is 11.1. The monoisotopic (exact) mass is 381 g/mol. The molecule has 1 unspecified atom stereocenters. The fourth-order valence-electron chi connectivity index (χ4n) is 2.65. The van der Waals surface area contributed by atoms with Crippen LogP contribution in [0.1, 0.15) is 25.8 Å². The molecule has 1 aromatic rings. The van der Waals surface area contributed by atoms with Crippen molar-refractivity contribution in [2.75, 3.05) is 24.6 Å². The first-order valence-electron chi connectivity index (χ1n) is 7.46. The predicted molar refractivity (Wildman–Crippen MR) is 92.4 cm³/mol. The van der Waals surface area contributed by atoms with E-state index in [0.717, 1.165) is 35.2 Å². The van der Waals surface area contributed by atoms with E-state index in [2.05, 4.69) is 20.8 Å². The number of benzene rings is 1. The lowest BCUT2D eigenvalue weighted by atomic mass is 10.1. The number of hydrogen-bond acceptors (Lipinski definition) is 4. The maximum Gasteiger partial charge on any atom is 0.331 e. The van der Waals surface area contributed by atoms with Gasteiger partial charge in [0.1, 0.15) is 0 Å². The van der Waals surface area contributed by atoms with Crippen LogP contribution < -0.4 is 4.90 Å². The molecule has 1 atom stereocenters. The van der Waals surface area contributed by atoms with Crippen LogP contribution >= 0.6 is 15.9 Å². The Morgan fingerprint density at radius 2 is 2.17 bits per heavy atom. The molecule has 124 valence electrons. The Morgan fingerprint density at radius 1 is 1.43 bits per heavy atom. The van der Waals surface area contributed by atoms with Gasteiger partial charge in [-0.15, -0.1) is 0 Å². The van der Waals surface area contributed by atoms with Crippen LogP contribution in [0.4, 0.5) is 5.69 Å². The summed E-state index contributed by atoms with van der Waals surface area (Å²) >= 11 is 3.43. The second-order valence-corrected chi connectivity index (χ2v) is 6.65. The topological polar surface area (TPSA) is 66.8 Å². The highest BCUT2D eigenvalue weighted by Gasteiger charge is 2.25. The fourth-order valence-corrected chi connectivity index (χ4v) is 3.03. The summed E-state index contributed by atoms with van der Waals surface area (Å²) in [7, 11) is 0. The zero-order valence-corrected chi connectivity index (χ0v) is 14.8. The SMILES string of the molecule is CC(=O)OCC1CCN(c2ccc(Br)cc2C=C(C)C(=O)O)C1. The van der Waals surface area contributed by atoms with Crippen LogP contribution in [0.3, 0.4) is 0 Å². The number of nitrogens with zero attached hydrogens (tertiary/aromatic N) is 1. The van der Waals surface area contributed by atoms with Crippen LogP contribution in [-0.4, -0.2) is 36.7 Å². The van der Waals surface area contributed by atoms with Crippen molar-refractivity contribution in [3.05, 3.63) is 33.8 Å². The van der Waals surface area contributed by atoms with E-state index in [1.807, 2.05) is 18.2 Å². The molecule has 5 nitrogen and oxygen atoms in total. The molecule has 0 aliphatic carbocycles. The number of ether oxygens (including phenoxy) is 1. The van der Waals surface area contributed by atoms with Crippen molar-refractivity contribution in [1.29, 1.82) is 0 Å². The number of carbonyl (C=O) groups is 2. The van der Waals surface area contributed by atoms with Crippen LogP contribution in [0.25, 0.3) is 6.08 Å². The molecule has 0 amide bonds. The summed E-state index contributed by atoms with van der Waals surface area (Å²) in [6, 6.07) is 5.85. The normalized spacial score (nSPS) is 18.1. The molecule has 1 saturated heterocycles. The van der Waals surface area contributed by atoms with Gasteiger partial charge in [0.2, 0.25) is 0 Å². The van der Waals surface area contributed by atoms with Crippen molar-refractivity contribution in [1.82, 2.24) is 0 Å². The van der Waals surface area contributed by atoms with Crippen molar-refractivity contribution in [2.45, 2.75) is 20.3 Å². The summed E-state index contributed by atoms with van der Waals surface area (Å²) in [4.78, 5) is 24.2. The second-order valence-electron chi connectivity index (χ2n) is 5.74. The number of aliphatic carboxylic acids is 1. The minimum absolute atomic E-state index is 0.257. The highest BCUT2D eigenvalue weighted by molar-refractivity contribution is 9.10. The minimum atomic E-state index is -0.926. The quantitative estimate of drug-likeness (QED) is 0.625. The van der Waals surface area contributed by atoms with Crippen LogP contribution in [0.5, 0.6) is 0 Å². The average molecular weight is 382 g/mol. The molecule has 1 aliphatic rings. The molecule has 2 rings (SSSR count). The number of rotatable bonds is 5. The van der Waals surface area contributed by atoms with E-state index < -0.39 is 5.97 Å². The van der Waals surface area contributed by atoms with Crippen LogP contribution in [0.15, 0.2) is 28.2 Å². The van der Waals surface area contributed by atoms with Gasteiger partial charge in [-0.2, -0.15) is 0 Å². The van der Waals surface area contributed by atoms with E-state index in [0.29, 0.717) is 18.1 Å². The van der Waals surface area contributed by atoms with Crippen molar-refractivity contribution >= 4 is 39.6 Å². The Bertz CT molecular complexity index is 641. The second kappa shape index (κ2) is 7.64. The van der Waals surface area contributed by atoms with Gasteiger partial charge in [0.05, 0.1) is 6.61 Å². The molecule has 6 heteroatoms. The zero-order valence-electron chi connectivity index (χ0n) is 13.2. The maximum absolute atomic E-state index is 11.1. The largest absolute Gasteiger partial charge is 0.478 e. The summed E-state index contributed by atoms with van der Waals surface area (Å²) in [6.07, 6.45) is 2.63. The molecule has 1 aromatic carbocycles. The van der Waals surface area contributed by atoms with Gasteiger partial charge in [-0.1, -0.05) is 15.9 Å². The van der Waals surface area contributed by atoms with E-state index in [4.69, 9.17) is 9.84 Å². The van der Waals surface area contributed by atoms with E-state index in [1.54, 1.807) is 13.0 Å². The van der Waals surface area contributed by atoms with Gasteiger partial charge in [0, 0.05) is 41.7 Å². The molecule has 0 aromatic heterocycles. The number of hydrogen-bond donors (Lipinski definition) is 1. The van der Waals surface area contributed by atoms with Crippen molar-refractivity contribution in [2.24, 2.45) is 5.92 Å². The first-order valence-corrected chi connectivity index (χ1v) is 8.25. The van der Waals surface area contributed by atoms with E-state index in [-0.39, 0.29) is 5.97 Å². The molecule has 1 fully saturated rings. The Kier molecular flexibility index (Phi) is 5.82. The molecule has 1 N–H and O–H groups in total. The molecular weight excluding hydrogens is 362 g/mol. The molecular formula is C17H20BrNO4. The fraction of sp³-hybridized carbons (Fsp3) is 0.412. The van der Waals surface area contributed by atoms with Crippen molar-refractivity contribution in [3.63, 3.8) is 0 Å². The summed E-state index contributed by atoms with van der Waals surface area (Å²) in [6.45, 7) is 5.09. The predicted octanol–water partition coefficient (Wildman–Crippen LogP) is 3.33. The number of carboxylic acids is 1. The summed E-state index contributed by atoms with van der Waals surface area (Å²) in [5.41, 5.74) is 2.16. The van der Waals surface area contributed by atoms with Crippen LogP contribution in [0.2, 0.25) is 0 Å². The third-order valence-electron chi connectivity index (χ3n) is 3.85. The number of halogens is 1. The summed E-state index contributed by atoms with van der Waals surface area (Å²) < 4.78 is 6.00. The number of esters is 1. The van der Waals surface area contributed by atoms with E-state index in [9.17, 15) is 9.59 Å². The lowest BCUT2D eigenvalue weighted by Gasteiger charge is -2.21. The summed E-state index contributed by atoms with van der Waals surface area (Å²) in [5.74, 6) is -0.877. The molecule has 0 radical (unpaired) electrons. The number of carbonyl (C=O) groups excluding carboxylic acids is 1. The Hall–Kier alpha value is -1.82. The van der Waals surface area contributed by atoms with E-state index in [1.165, 1.54) is 6.92 Å². The molecule has 0 bridgehead atoms. The van der Waals surface area contributed by atoms with Crippen molar-refractivity contribution < 1.29 is 19.4 Å². The van der Waals surface area contributed by atoms with Gasteiger partial charge in [-0.05, 0) is 43.2 Å². The summed E-state index contributed by atoms with van der Waals surface area (Å²) in [5, 5.41) is 9.09. The molecule has 23 heavy (non-hydrogen) atoms. The van der Waals surface area contributed by atoms with Gasteiger partial charge >= 0.3 is 11.9 Å². The van der Waals surface area contributed by atoms with Gasteiger partial charge in [0.25, 0.3) is 0 Å².